The number of hydrogen-bond donors (Lipinski definition) is 2. The molecule has 5 heterocycles. The van der Waals surface area contributed by atoms with Gasteiger partial charge in [0.1, 0.15) is 11.1 Å². The first-order valence-corrected chi connectivity index (χ1v) is 13.8. The normalized spacial score (nSPS) is 20.6. The summed E-state index contributed by atoms with van der Waals surface area (Å²) in [6.07, 6.45) is 10.1. The van der Waals surface area contributed by atoms with Crippen molar-refractivity contribution in [3.8, 4) is 28.0 Å². The smallest absolute Gasteiger partial charge is 0.151 e. The molecule has 0 bridgehead atoms. The first-order chi connectivity index (χ1) is 18.2. The molecule has 1 saturated heterocycles. The van der Waals surface area contributed by atoms with E-state index < -0.39 is 0 Å². The molecule has 10 heteroatoms. The SMILES string of the molecule is CN[C@H]1CC[C@H](c2nnc(-c3cnc(-c4ccc5cc(C#N)cnn45)cc3NC3CCOCC3)s2)CC1. The summed E-state index contributed by atoms with van der Waals surface area (Å²) in [6, 6.07) is 11.0. The van der Waals surface area contributed by atoms with Crippen LogP contribution in [-0.2, 0) is 4.74 Å². The van der Waals surface area contributed by atoms with Crippen LogP contribution in [0.2, 0.25) is 0 Å². The van der Waals surface area contributed by atoms with E-state index in [-0.39, 0.29) is 0 Å². The lowest BCUT2D eigenvalue weighted by Crippen LogP contribution is -2.29. The molecule has 1 aliphatic carbocycles. The first-order valence-electron chi connectivity index (χ1n) is 13.0. The van der Waals surface area contributed by atoms with Crippen molar-refractivity contribution < 1.29 is 4.74 Å². The highest BCUT2D eigenvalue weighted by molar-refractivity contribution is 7.14. The van der Waals surface area contributed by atoms with Crippen molar-refractivity contribution in [2.24, 2.45) is 0 Å². The number of nitrogens with zero attached hydrogens (tertiary/aromatic N) is 6. The quantitative estimate of drug-likeness (QED) is 0.383. The number of aromatic nitrogens is 5. The third-order valence-corrected chi connectivity index (χ3v) is 8.65. The number of anilines is 1. The van der Waals surface area contributed by atoms with E-state index in [9.17, 15) is 5.26 Å². The molecule has 0 amide bonds. The number of hydrogen-bond acceptors (Lipinski definition) is 9. The molecule has 9 nitrogen and oxygen atoms in total. The van der Waals surface area contributed by atoms with Gasteiger partial charge in [0.15, 0.2) is 5.01 Å². The molecule has 4 aromatic rings. The van der Waals surface area contributed by atoms with E-state index in [1.807, 2.05) is 36.0 Å². The maximum Gasteiger partial charge on any atom is 0.151 e. The second kappa shape index (κ2) is 10.5. The summed E-state index contributed by atoms with van der Waals surface area (Å²) >= 11 is 1.69. The average Bonchev–Trinajstić information content (AvgIpc) is 3.61. The van der Waals surface area contributed by atoms with Crippen LogP contribution in [-0.4, -0.2) is 57.1 Å². The molecule has 37 heavy (non-hydrogen) atoms. The summed E-state index contributed by atoms with van der Waals surface area (Å²) in [5.41, 5.74) is 5.06. The molecule has 1 saturated carbocycles. The Hall–Kier alpha value is -3.39. The zero-order chi connectivity index (χ0) is 25.2. The third-order valence-electron chi connectivity index (χ3n) is 7.53. The van der Waals surface area contributed by atoms with Gasteiger partial charge in [-0.3, -0.25) is 4.98 Å². The number of nitriles is 1. The van der Waals surface area contributed by atoms with Crippen LogP contribution in [0.15, 0.2) is 36.7 Å². The van der Waals surface area contributed by atoms with Crippen molar-refractivity contribution in [1.29, 1.82) is 5.26 Å². The molecular formula is C27H30N8OS. The summed E-state index contributed by atoms with van der Waals surface area (Å²) in [5.74, 6) is 0.478. The second-order valence-corrected chi connectivity index (χ2v) is 10.8. The Balaban J connectivity index is 1.34. The lowest BCUT2D eigenvalue weighted by molar-refractivity contribution is 0.0904. The van der Waals surface area contributed by atoms with Crippen LogP contribution in [0.25, 0.3) is 27.5 Å². The Morgan fingerprint density at radius 1 is 1.03 bits per heavy atom. The Morgan fingerprint density at radius 2 is 1.86 bits per heavy atom. The van der Waals surface area contributed by atoms with Crippen LogP contribution in [0.4, 0.5) is 5.69 Å². The van der Waals surface area contributed by atoms with Gasteiger partial charge in [-0.2, -0.15) is 10.4 Å². The molecule has 2 aliphatic rings. The Bertz CT molecular complexity index is 1430. The maximum absolute atomic E-state index is 9.22. The van der Waals surface area contributed by atoms with E-state index in [1.165, 1.54) is 12.8 Å². The van der Waals surface area contributed by atoms with Gasteiger partial charge in [0.25, 0.3) is 0 Å². The van der Waals surface area contributed by atoms with Gasteiger partial charge >= 0.3 is 0 Å². The number of fused-ring (bicyclic) bond motifs is 1. The van der Waals surface area contributed by atoms with Crippen LogP contribution < -0.4 is 10.6 Å². The zero-order valence-corrected chi connectivity index (χ0v) is 21.7. The van der Waals surface area contributed by atoms with Crippen molar-refractivity contribution in [2.45, 2.75) is 56.5 Å². The summed E-state index contributed by atoms with van der Waals surface area (Å²) in [6.45, 7) is 1.52. The van der Waals surface area contributed by atoms with Gasteiger partial charge in [-0.15, -0.1) is 10.2 Å². The highest BCUT2D eigenvalue weighted by atomic mass is 32.1. The van der Waals surface area contributed by atoms with Crippen LogP contribution >= 0.6 is 11.3 Å². The average molecular weight is 515 g/mol. The van der Waals surface area contributed by atoms with Gasteiger partial charge in [0, 0.05) is 43.1 Å². The van der Waals surface area contributed by atoms with E-state index in [1.54, 1.807) is 17.5 Å². The molecule has 0 radical (unpaired) electrons. The Morgan fingerprint density at radius 3 is 2.65 bits per heavy atom. The molecule has 6 rings (SSSR count). The fourth-order valence-corrected chi connectivity index (χ4v) is 6.38. The van der Waals surface area contributed by atoms with E-state index in [0.717, 1.165) is 77.1 Å². The predicted octanol–water partition coefficient (Wildman–Crippen LogP) is 4.62. The van der Waals surface area contributed by atoms with Gasteiger partial charge in [-0.25, -0.2) is 4.52 Å². The molecule has 1 aliphatic heterocycles. The molecule has 2 N–H and O–H groups in total. The molecule has 0 atom stereocenters. The van der Waals surface area contributed by atoms with E-state index in [4.69, 9.17) is 9.72 Å². The molecular weight excluding hydrogens is 484 g/mol. The van der Waals surface area contributed by atoms with Crippen molar-refractivity contribution in [1.82, 2.24) is 30.1 Å². The fourth-order valence-electron chi connectivity index (χ4n) is 5.34. The summed E-state index contributed by atoms with van der Waals surface area (Å²) in [4.78, 5) is 4.83. The molecule has 0 unspecified atom stereocenters. The monoisotopic (exact) mass is 514 g/mol. The second-order valence-electron chi connectivity index (χ2n) is 9.84. The Kier molecular flexibility index (Phi) is 6.83. The number of pyridine rings is 1. The van der Waals surface area contributed by atoms with Crippen molar-refractivity contribution in [2.75, 3.05) is 25.6 Å². The molecule has 2 fully saturated rings. The van der Waals surface area contributed by atoms with Gasteiger partial charge in [0.05, 0.1) is 34.2 Å². The zero-order valence-electron chi connectivity index (χ0n) is 20.9. The van der Waals surface area contributed by atoms with E-state index in [2.05, 4.69) is 38.1 Å². The minimum atomic E-state index is 0.326. The fraction of sp³-hybridized carbons (Fsp3) is 0.444. The van der Waals surface area contributed by atoms with Crippen molar-refractivity contribution >= 4 is 22.5 Å². The lowest BCUT2D eigenvalue weighted by atomic mass is 9.86. The number of ether oxygens (including phenoxy) is 1. The molecule has 0 aromatic carbocycles. The van der Waals surface area contributed by atoms with Crippen molar-refractivity contribution in [3.63, 3.8) is 0 Å². The van der Waals surface area contributed by atoms with Crippen LogP contribution in [0, 0.1) is 11.3 Å². The molecule has 190 valence electrons. The topological polar surface area (TPSA) is 113 Å². The minimum Gasteiger partial charge on any atom is -0.381 e. The van der Waals surface area contributed by atoms with Crippen LogP contribution in [0.3, 0.4) is 0 Å². The number of rotatable bonds is 6. The highest BCUT2D eigenvalue weighted by Gasteiger charge is 2.26. The van der Waals surface area contributed by atoms with E-state index >= 15 is 0 Å². The maximum atomic E-state index is 9.22. The third kappa shape index (κ3) is 4.94. The summed E-state index contributed by atoms with van der Waals surface area (Å²) in [7, 11) is 2.05. The van der Waals surface area contributed by atoms with Gasteiger partial charge in [-0.05, 0) is 69.8 Å². The first kappa shape index (κ1) is 24.0. The minimum absolute atomic E-state index is 0.326. The lowest BCUT2D eigenvalue weighted by Gasteiger charge is -2.26. The van der Waals surface area contributed by atoms with Crippen molar-refractivity contribution in [3.05, 3.63) is 47.2 Å². The standard InChI is InChI=1S/C27H30N8OS/c1-29-19-4-2-18(3-5-19)26-33-34-27(37-26)22-16-30-24(13-23(22)32-20-8-10-36-11-9-20)25-7-6-21-12-17(14-28)15-31-35(21)25/h6-7,12-13,15-16,18-20,29H,2-5,8-11H2,1H3,(H,30,32)/t18-,19-. The molecule has 0 spiro atoms. The van der Waals surface area contributed by atoms with Gasteiger partial charge in [0.2, 0.25) is 0 Å². The van der Waals surface area contributed by atoms with Crippen LogP contribution in [0.5, 0.6) is 0 Å². The summed E-state index contributed by atoms with van der Waals surface area (Å²) in [5, 5.41) is 32.1. The van der Waals surface area contributed by atoms with Gasteiger partial charge in [-0.1, -0.05) is 11.3 Å². The number of nitrogens with one attached hydrogen (secondary N) is 2. The van der Waals surface area contributed by atoms with Gasteiger partial charge < -0.3 is 15.4 Å². The summed E-state index contributed by atoms with van der Waals surface area (Å²) < 4.78 is 7.40. The highest BCUT2D eigenvalue weighted by Crippen LogP contribution is 2.39. The molecule has 4 aromatic heterocycles. The largest absolute Gasteiger partial charge is 0.381 e. The van der Waals surface area contributed by atoms with E-state index in [0.29, 0.717) is 23.6 Å². The van der Waals surface area contributed by atoms with Crippen LogP contribution in [0.1, 0.15) is 55.0 Å². The predicted molar refractivity (Wildman–Crippen MR) is 144 cm³/mol. The Labute approximate surface area is 219 Å².